The van der Waals surface area contributed by atoms with Crippen LogP contribution in [0.4, 0.5) is 4.39 Å². The van der Waals surface area contributed by atoms with Gasteiger partial charge >= 0.3 is 0 Å². The van der Waals surface area contributed by atoms with Gasteiger partial charge in [-0.3, -0.25) is 4.39 Å². The molecule has 0 saturated carbocycles. The highest BCUT2D eigenvalue weighted by Gasteiger charge is 2.08. The summed E-state index contributed by atoms with van der Waals surface area (Å²) < 4.78 is 12.3. The lowest BCUT2D eigenvalue weighted by Gasteiger charge is -2.06. The molecule has 0 aliphatic carbocycles. The van der Waals surface area contributed by atoms with Gasteiger partial charge in [0.25, 0.3) is 0 Å². The minimum atomic E-state index is -0.507. The normalized spacial score (nSPS) is 10.1. The molecule has 0 aromatic heterocycles. The largest absolute Gasteiger partial charge is 0.250 e. The van der Waals surface area contributed by atoms with Crippen LogP contribution in [0, 0.1) is 17.2 Å². The lowest BCUT2D eigenvalue weighted by Crippen LogP contribution is -1.96. The van der Waals surface area contributed by atoms with Crippen molar-refractivity contribution in [3.63, 3.8) is 0 Å². The van der Waals surface area contributed by atoms with E-state index in [0.29, 0.717) is 16.5 Å². The minimum absolute atomic E-state index is 0.381. The Labute approximate surface area is 81.8 Å². The topological polar surface area (TPSA) is 23.8 Å². The van der Waals surface area contributed by atoms with Crippen LogP contribution in [-0.4, -0.2) is 6.67 Å². The van der Waals surface area contributed by atoms with Crippen LogP contribution in [0.25, 0.3) is 0 Å². The van der Waals surface area contributed by atoms with Crippen molar-refractivity contribution in [1.29, 1.82) is 5.26 Å². The molecule has 0 fully saturated rings. The molecule has 1 rings (SSSR count). The van der Waals surface area contributed by atoms with Crippen LogP contribution in [0.15, 0.2) is 18.2 Å². The van der Waals surface area contributed by atoms with Gasteiger partial charge in [0.1, 0.15) is 6.07 Å². The lowest BCUT2D eigenvalue weighted by molar-refractivity contribution is 0.516. The van der Waals surface area contributed by atoms with Crippen molar-refractivity contribution in [1.82, 2.24) is 0 Å². The van der Waals surface area contributed by atoms with Crippen molar-refractivity contribution in [2.45, 2.75) is 6.92 Å². The summed E-state index contributed by atoms with van der Waals surface area (Å²) in [6.45, 7) is 1.18. The Morgan fingerprint density at radius 3 is 2.85 bits per heavy atom. The molecule has 0 spiro atoms. The first-order chi connectivity index (χ1) is 6.19. The van der Waals surface area contributed by atoms with Crippen LogP contribution < -0.4 is 0 Å². The first-order valence-electron chi connectivity index (χ1n) is 3.77. The Morgan fingerprint density at radius 2 is 2.31 bits per heavy atom. The zero-order chi connectivity index (χ0) is 9.84. The fraction of sp³-hybridized carbons (Fsp3) is 0.200. The molecule has 0 aliphatic heterocycles. The maximum atomic E-state index is 12.3. The second kappa shape index (κ2) is 4.25. The van der Waals surface area contributed by atoms with Crippen molar-refractivity contribution < 1.29 is 4.39 Å². The van der Waals surface area contributed by atoms with E-state index < -0.39 is 6.67 Å². The fourth-order valence-corrected chi connectivity index (χ4v) is 1.11. The first-order valence-corrected chi connectivity index (χ1v) is 4.15. The number of halogens is 2. The van der Waals surface area contributed by atoms with Gasteiger partial charge in [0.2, 0.25) is 0 Å². The molecular weight excluding hydrogens is 189 g/mol. The van der Waals surface area contributed by atoms with Gasteiger partial charge in [0.05, 0.1) is 17.3 Å². The van der Waals surface area contributed by atoms with Crippen molar-refractivity contribution in [2.24, 2.45) is 0 Å². The standard InChI is InChI=1S/C10H8ClFN/c1-7(5-12)8-2-3-10(11)9(4-8)6-13/h2-4H,5H2,1H3. The predicted octanol–water partition coefficient (Wildman–Crippen LogP) is 3.12. The maximum absolute atomic E-state index is 12.3. The minimum Gasteiger partial charge on any atom is -0.250 e. The third-order valence-corrected chi connectivity index (χ3v) is 2.11. The van der Waals surface area contributed by atoms with Gasteiger partial charge in [0, 0.05) is 5.92 Å². The number of hydrogen-bond acceptors (Lipinski definition) is 1. The van der Waals surface area contributed by atoms with E-state index in [0.717, 1.165) is 5.56 Å². The van der Waals surface area contributed by atoms with Gasteiger partial charge in [-0.25, -0.2) is 0 Å². The molecule has 0 amide bonds. The summed E-state index contributed by atoms with van der Waals surface area (Å²) >= 11 is 5.72. The molecule has 0 bridgehead atoms. The summed E-state index contributed by atoms with van der Waals surface area (Å²) in [6.07, 6.45) is 0. The number of nitrogens with zero attached hydrogens (tertiary/aromatic N) is 1. The Balaban J connectivity index is 3.08. The molecule has 0 N–H and O–H groups in total. The van der Waals surface area contributed by atoms with Crippen molar-refractivity contribution >= 4 is 11.6 Å². The molecule has 0 heterocycles. The summed E-state index contributed by atoms with van der Waals surface area (Å²) in [5, 5.41) is 9.06. The summed E-state index contributed by atoms with van der Waals surface area (Å²) in [6, 6.07) is 6.85. The Bertz CT molecular complexity index is 343. The van der Waals surface area contributed by atoms with E-state index in [1.807, 2.05) is 6.07 Å². The van der Waals surface area contributed by atoms with Crippen LogP contribution in [0.2, 0.25) is 5.02 Å². The average Bonchev–Trinajstić information content (AvgIpc) is 2.17. The number of benzene rings is 1. The number of nitriles is 1. The van der Waals surface area contributed by atoms with E-state index in [-0.39, 0.29) is 0 Å². The van der Waals surface area contributed by atoms with E-state index in [1.54, 1.807) is 25.1 Å². The van der Waals surface area contributed by atoms with E-state index >= 15 is 0 Å². The van der Waals surface area contributed by atoms with Gasteiger partial charge < -0.3 is 0 Å². The van der Waals surface area contributed by atoms with E-state index in [2.05, 4.69) is 0 Å². The quantitative estimate of drug-likeness (QED) is 0.713. The van der Waals surface area contributed by atoms with Gasteiger partial charge in [0.15, 0.2) is 0 Å². The Hall–Kier alpha value is -1.07. The average molecular weight is 197 g/mol. The maximum Gasteiger partial charge on any atom is 0.101 e. The van der Waals surface area contributed by atoms with Crippen LogP contribution in [0.3, 0.4) is 0 Å². The van der Waals surface area contributed by atoms with E-state index in [1.165, 1.54) is 0 Å². The van der Waals surface area contributed by atoms with Crippen LogP contribution in [0.5, 0.6) is 0 Å². The van der Waals surface area contributed by atoms with Gasteiger partial charge in [-0.05, 0) is 17.7 Å². The molecule has 3 heteroatoms. The third kappa shape index (κ3) is 2.19. The smallest absolute Gasteiger partial charge is 0.101 e. The Kier molecular flexibility index (Phi) is 3.27. The first kappa shape index (κ1) is 10.0. The summed E-state index contributed by atoms with van der Waals surface area (Å²) in [4.78, 5) is 0. The molecule has 0 unspecified atom stereocenters. The molecule has 1 radical (unpaired) electrons. The SMILES string of the molecule is C[C](CF)c1ccc(Cl)c(C#N)c1. The zero-order valence-corrected chi connectivity index (χ0v) is 7.90. The summed E-state index contributed by atoms with van der Waals surface area (Å²) in [5.74, 6) is 0.605. The van der Waals surface area contributed by atoms with Gasteiger partial charge in [-0.15, -0.1) is 0 Å². The fourth-order valence-electron chi connectivity index (χ4n) is 0.954. The molecule has 13 heavy (non-hydrogen) atoms. The van der Waals surface area contributed by atoms with Gasteiger partial charge in [-0.1, -0.05) is 24.6 Å². The van der Waals surface area contributed by atoms with E-state index in [4.69, 9.17) is 16.9 Å². The van der Waals surface area contributed by atoms with Crippen molar-refractivity contribution in [3.05, 3.63) is 40.3 Å². The van der Waals surface area contributed by atoms with Crippen molar-refractivity contribution in [3.8, 4) is 6.07 Å². The Morgan fingerprint density at radius 1 is 1.62 bits per heavy atom. The predicted molar refractivity (Wildman–Crippen MR) is 50.2 cm³/mol. The van der Waals surface area contributed by atoms with Crippen molar-refractivity contribution in [2.75, 3.05) is 6.67 Å². The number of rotatable bonds is 2. The zero-order valence-electron chi connectivity index (χ0n) is 7.14. The van der Waals surface area contributed by atoms with Crippen LogP contribution in [0.1, 0.15) is 18.1 Å². The third-order valence-electron chi connectivity index (χ3n) is 1.78. The van der Waals surface area contributed by atoms with E-state index in [9.17, 15) is 4.39 Å². The summed E-state index contributed by atoms with van der Waals surface area (Å²) in [7, 11) is 0. The highest BCUT2D eigenvalue weighted by atomic mass is 35.5. The molecule has 0 saturated heterocycles. The highest BCUT2D eigenvalue weighted by molar-refractivity contribution is 6.31. The lowest BCUT2D eigenvalue weighted by atomic mass is 10.0. The molecule has 1 aromatic carbocycles. The second-order valence-corrected chi connectivity index (χ2v) is 3.13. The molecule has 67 valence electrons. The van der Waals surface area contributed by atoms with Crippen LogP contribution in [-0.2, 0) is 0 Å². The molecule has 1 aromatic rings. The molecular formula is C10H8ClFN. The number of hydrogen-bond donors (Lipinski definition) is 0. The van der Waals surface area contributed by atoms with Crippen LogP contribution >= 0.6 is 11.6 Å². The number of alkyl halides is 1. The highest BCUT2D eigenvalue weighted by Crippen LogP contribution is 2.21. The molecule has 0 atom stereocenters. The van der Waals surface area contributed by atoms with Gasteiger partial charge in [-0.2, -0.15) is 5.26 Å². The molecule has 0 aliphatic rings. The second-order valence-electron chi connectivity index (χ2n) is 2.72. The monoisotopic (exact) mass is 196 g/mol. The molecule has 1 nitrogen and oxygen atoms in total. The summed E-state index contributed by atoms with van der Waals surface area (Å²) in [5.41, 5.74) is 1.11.